The molecular formula is C29H28Cl2F2N2O9S. The van der Waals surface area contributed by atoms with Crippen LogP contribution in [0.25, 0.3) is 0 Å². The maximum atomic E-state index is 13.3. The van der Waals surface area contributed by atoms with Gasteiger partial charge in [-0.05, 0) is 48.1 Å². The Hall–Kier alpha value is -3.56. The summed E-state index contributed by atoms with van der Waals surface area (Å²) in [5.74, 6) is -1.60. The van der Waals surface area contributed by atoms with Gasteiger partial charge in [0.05, 0.1) is 19.3 Å². The Bertz CT molecular complexity index is 1540. The Morgan fingerprint density at radius 3 is 2.44 bits per heavy atom. The number of hydrogen-bond donors (Lipinski definition) is 1. The summed E-state index contributed by atoms with van der Waals surface area (Å²) in [6, 6.07) is 10.2. The van der Waals surface area contributed by atoms with Crippen LogP contribution in [-0.4, -0.2) is 51.9 Å². The molecule has 1 unspecified atom stereocenters. The van der Waals surface area contributed by atoms with Gasteiger partial charge in [0.2, 0.25) is 11.3 Å². The SMILES string of the molecule is COC(=O)c1ccccc1CN(CC(=O)O[C@@H](Cc1c(Cl)c[n+]([O-])cc1Cl)c1ccc(OC(F)F)c(OCC2CC2)c1)S(=O)O. The van der Waals surface area contributed by atoms with E-state index in [1.165, 1.54) is 37.4 Å². The highest BCUT2D eigenvalue weighted by Crippen LogP contribution is 2.38. The number of carbonyl (C=O) groups excluding carboxylic acids is 2. The molecule has 45 heavy (non-hydrogen) atoms. The molecule has 1 heterocycles. The van der Waals surface area contributed by atoms with Gasteiger partial charge in [-0.3, -0.25) is 9.35 Å². The lowest BCUT2D eigenvalue weighted by atomic mass is 10.0. The largest absolute Gasteiger partial charge is 0.619 e. The highest BCUT2D eigenvalue weighted by atomic mass is 35.5. The van der Waals surface area contributed by atoms with E-state index in [1.54, 1.807) is 12.1 Å². The van der Waals surface area contributed by atoms with Crippen molar-refractivity contribution in [3.8, 4) is 11.5 Å². The fourth-order valence-corrected chi connectivity index (χ4v) is 5.39. The molecule has 242 valence electrons. The van der Waals surface area contributed by atoms with Gasteiger partial charge >= 0.3 is 18.6 Å². The average Bonchev–Trinajstić information content (AvgIpc) is 3.81. The second kappa shape index (κ2) is 15.6. The molecule has 0 aliphatic heterocycles. The molecule has 1 saturated carbocycles. The van der Waals surface area contributed by atoms with E-state index in [4.69, 9.17) is 37.4 Å². The maximum Gasteiger partial charge on any atom is 0.387 e. The lowest BCUT2D eigenvalue weighted by Crippen LogP contribution is -2.33. The number of aromatic nitrogens is 1. The summed E-state index contributed by atoms with van der Waals surface area (Å²) in [4.78, 5) is 25.4. The molecule has 0 bridgehead atoms. The maximum absolute atomic E-state index is 13.3. The average molecular weight is 690 g/mol. The molecule has 2 aromatic carbocycles. The summed E-state index contributed by atoms with van der Waals surface area (Å²) in [5.41, 5.74) is 0.966. The first kappa shape index (κ1) is 34.3. The lowest BCUT2D eigenvalue weighted by molar-refractivity contribution is -0.605. The summed E-state index contributed by atoms with van der Waals surface area (Å²) in [7, 11) is 1.19. The first-order valence-corrected chi connectivity index (χ1v) is 15.3. The van der Waals surface area contributed by atoms with Crippen molar-refractivity contribution in [1.82, 2.24) is 4.31 Å². The molecule has 1 aliphatic carbocycles. The zero-order valence-electron chi connectivity index (χ0n) is 23.7. The lowest BCUT2D eigenvalue weighted by Gasteiger charge is -2.23. The number of pyridine rings is 1. The molecule has 0 spiro atoms. The van der Waals surface area contributed by atoms with Gasteiger partial charge in [-0.2, -0.15) is 17.8 Å². The van der Waals surface area contributed by atoms with Gasteiger partial charge in [0, 0.05) is 18.5 Å². The summed E-state index contributed by atoms with van der Waals surface area (Å²) in [6.07, 6.45) is 2.62. The number of methoxy groups -OCH3 is 1. The van der Waals surface area contributed by atoms with E-state index in [0.29, 0.717) is 10.3 Å². The summed E-state index contributed by atoms with van der Waals surface area (Å²) >= 11 is 9.89. The number of esters is 2. The number of ether oxygens (including phenoxy) is 4. The van der Waals surface area contributed by atoms with Crippen molar-refractivity contribution in [3.63, 3.8) is 0 Å². The molecule has 1 fully saturated rings. The number of carbonyl (C=O) groups is 2. The van der Waals surface area contributed by atoms with Crippen molar-refractivity contribution in [2.45, 2.75) is 38.5 Å². The second-order valence-electron chi connectivity index (χ2n) is 9.99. The second-order valence-corrected chi connectivity index (χ2v) is 11.8. The van der Waals surface area contributed by atoms with E-state index < -0.39 is 42.5 Å². The molecule has 1 N–H and O–H groups in total. The molecule has 1 aromatic heterocycles. The first-order valence-electron chi connectivity index (χ1n) is 13.4. The highest BCUT2D eigenvalue weighted by Gasteiger charge is 2.28. The minimum atomic E-state index is -3.12. The topological polar surface area (TPSA) is 139 Å². The highest BCUT2D eigenvalue weighted by molar-refractivity contribution is 7.76. The number of halogens is 4. The normalized spacial score (nSPS) is 14.2. The Labute approximate surface area is 269 Å². The van der Waals surface area contributed by atoms with Crippen LogP contribution in [0.5, 0.6) is 11.5 Å². The summed E-state index contributed by atoms with van der Waals surface area (Å²) in [6.45, 7) is -3.86. The molecule has 0 amide bonds. The minimum absolute atomic E-state index is 0.0130. The van der Waals surface area contributed by atoms with E-state index in [2.05, 4.69) is 4.74 Å². The van der Waals surface area contributed by atoms with Crippen molar-refractivity contribution in [3.05, 3.63) is 92.4 Å². The third-order valence-corrected chi connectivity index (χ3v) is 8.10. The first-order chi connectivity index (χ1) is 21.4. The van der Waals surface area contributed by atoms with Gasteiger partial charge < -0.3 is 24.2 Å². The molecule has 4 rings (SSSR count). The van der Waals surface area contributed by atoms with Gasteiger partial charge in [-0.1, -0.05) is 47.5 Å². The third kappa shape index (κ3) is 9.71. The zero-order valence-corrected chi connectivity index (χ0v) is 26.0. The van der Waals surface area contributed by atoms with Crippen LogP contribution in [0.15, 0.2) is 54.9 Å². The number of hydrogen-bond acceptors (Lipinski definition) is 8. The van der Waals surface area contributed by atoms with Crippen LogP contribution in [0, 0.1) is 11.1 Å². The summed E-state index contributed by atoms with van der Waals surface area (Å²) < 4.78 is 70.5. The van der Waals surface area contributed by atoms with E-state index in [1.807, 2.05) is 0 Å². The molecule has 3 aromatic rings. The fourth-order valence-electron chi connectivity index (χ4n) is 4.33. The quantitative estimate of drug-likeness (QED) is 0.0979. The number of benzene rings is 2. The monoisotopic (exact) mass is 688 g/mol. The van der Waals surface area contributed by atoms with Crippen molar-refractivity contribution < 1.29 is 50.8 Å². The van der Waals surface area contributed by atoms with Crippen LogP contribution in [0.1, 0.15) is 46.0 Å². The van der Waals surface area contributed by atoms with Gasteiger partial charge in [0.1, 0.15) is 22.7 Å². The molecule has 2 atom stereocenters. The van der Waals surface area contributed by atoms with E-state index in [9.17, 15) is 32.3 Å². The van der Waals surface area contributed by atoms with Crippen LogP contribution in [-0.2, 0) is 38.5 Å². The van der Waals surface area contributed by atoms with E-state index >= 15 is 0 Å². The molecular weight excluding hydrogens is 661 g/mol. The van der Waals surface area contributed by atoms with Gasteiger partial charge in [0.15, 0.2) is 23.9 Å². The van der Waals surface area contributed by atoms with Crippen molar-refractivity contribution in [2.75, 3.05) is 20.3 Å². The zero-order chi connectivity index (χ0) is 32.7. The van der Waals surface area contributed by atoms with Gasteiger partial charge in [0.25, 0.3) is 0 Å². The van der Waals surface area contributed by atoms with Crippen LogP contribution in [0.4, 0.5) is 8.78 Å². The Kier molecular flexibility index (Phi) is 11.9. The van der Waals surface area contributed by atoms with Crippen LogP contribution < -0.4 is 14.2 Å². The third-order valence-electron chi connectivity index (χ3n) is 6.74. The van der Waals surface area contributed by atoms with Crippen molar-refractivity contribution in [1.29, 1.82) is 0 Å². The van der Waals surface area contributed by atoms with Crippen molar-refractivity contribution in [2.24, 2.45) is 5.92 Å². The predicted octanol–water partition coefficient (Wildman–Crippen LogP) is 5.27. The number of nitrogens with zero attached hydrogens (tertiary/aromatic N) is 2. The van der Waals surface area contributed by atoms with E-state index in [-0.39, 0.29) is 63.7 Å². The van der Waals surface area contributed by atoms with Crippen LogP contribution in [0.3, 0.4) is 0 Å². The standard InChI is InChI=1S/C29H28Cl2F2N2O9S/c1-41-28(37)20-5-3-2-4-19(20)12-35(45(39)40)15-27(36)43-25(11-21-22(30)13-34(38)14-23(21)31)18-8-9-24(44-29(32)33)26(10-18)42-16-17-6-7-17/h2-5,8-10,13-14,17,25,29H,6-7,11-12,15-16H2,1H3,(H,39,40)/t25-/m0/s1. The van der Waals surface area contributed by atoms with Crippen molar-refractivity contribution >= 4 is 46.4 Å². The molecule has 0 saturated heterocycles. The predicted molar refractivity (Wildman–Crippen MR) is 158 cm³/mol. The number of rotatable bonds is 15. The van der Waals surface area contributed by atoms with Crippen LogP contribution >= 0.6 is 23.2 Å². The Morgan fingerprint density at radius 1 is 1.13 bits per heavy atom. The Balaban J connectivity index is 1.63. The summed E-state index contributed by atoms with van der Waals surface area (Å²) in [5, 5.41) is 11.7. The minimum Gasteiger partial charge on any atom is -0.619 e. The number of alkyl halides is 2. The molecule has 0 radical (unpaired) electrons. The molecule has 11 nitrogen and oxygen atoms in total. The van der Waals surface area contributed by atoms with Gasteiger partial charge in [-0.25, -0.2) is 9.00 Å². The fraction of sp³-hybridized carbons (Fsp3) is 0.345. The molecule has 16 heteroatoms. The van der Waals surface area contributed by atoms with Crippen LogP contribution in [0.2, 0.25) is 10.0 Å². The Morgan fingerprint density at radius 2 is 1.82 bits per heavy atom. The smallest absolute Gasteiger partial charge is 0.387 e. The molecule has 1 aliphatic rings. The van der Waals surface area contributed by atoms with Gasteiger partial charge in [-0.15, -0.1) is 0 Å². The van der Waals surface area contributed by atoms with E-state index in [0.717, 1.165) is 29.5 Å².